The standard InChI is InChI=1S/C19H20ClFN2O3/c20-16-7-1-2-8-17(16)26-12-4-9-18(24)22-10-11-23-19(25)14-5-3-6-15(21)13-14/h1-3,5-8,13H,4,9-12H2,(H,22,24)(H,23,25). The molecule has 0 fully saturated rings. The van der Waals surface area contributed by atoms with Crippen LogP contribution in [-0.4, -0.2) is 31.5 Å². The zero-order chi connectivity index (χ0) is 18.8. The summed E-state index contributed by atoms with van der Waals surface area (Å²) < 4.78 is 18.5. The average Bonchev–Trinajstić information content (AvgIpc) is 2.63. The van der Waals surface area contributed by atoms with Crippen LogP contribution in [0.5, 0.6) is 5.75 Å². The molecule has 5 nitrogen and oxygen atoms in total. The van der Waals surface area contributed by atoms with E-state index in [0.29, 0.717) is 36.8 Å². The Labute approximate surface area is 156 Å². The first-order chi connectivity index (χ1) is 12.6. The molecule has 0 unspecified atom stereocenters. The molecule has 0 aromatic heterocycles. The third-order valence-corrected chi connectivity index (χ3v) is 3.77. The summed E-state index contributed by atoms with van der Waals surface area (Å²) in [6, 6.07) is 12.6. The van der Waals surface area contributed by atoms with Gasteiger partial charge in [0.1, 0.15) is 11.6 Å². The van der Waals surface area contributed by atoms with Crippen LogP contribution in [0, 0.1) is 5.82 Å². The summed E-state index contributed by atoms with van der Waals surface area (Å²) in [5.74, 6) is -0.390. The zero-order valence-electron chi connectivity index (χ0n) is 14.1. The summed E-state index contributed by atoms with van der Waals surface area (Å²) in [6.07, 6.45) is 0.856. The van der Waals surface area contributed by atoms with E-state index in [1.54, 1.807) is 12.1 Å². The molecule has 0 aliphatic heterocycles. The molecular formula is C19H20ClFN2O3. The van der Waals surface area contributed by atoms with Gasteiger partial charge in [0.2, 0.25) is 5.91 Å². The Balaban J connectivity index is 1.56. The highest BCUT2D eigenvalue weighted by Gasteiger charge is 2.06. The highest BCUT2D eigenvalue weighted by Crippen LogP contribution is 2.23. The number of benzene rings is 2. The third kappa shape index (κ3) is 6.72. The average molecular weight is 379 g/mol. The largest absolute Gasteiger partial charge is 0.492 e. The van der Waals surface area contributed by atoms with Crippen molar-refractivity contribution >= 4 is 23.4 Å². The fourth-order valence-electron chi connectivity index (χ4n) is 2.17. The van der Waals surface area contributed by atoms with Crippen LogP contribution >= 0.6 is 11.6 Å². The minimum Gasteiger partial charge on any atom is -0.492 e. The molecule has 0 saturated carbocycles. The number of hydrogen-bond acceptors (Lipinski definition) is 3. The predicted octanol–water partition coefficient (Wildman–Crippen LogP) is 3.18. The first-order valence-corrected chi connectivity index (χ1v) is 8.62. The van der Waals surface area contributed by atoms with Gasteiger partial charge in [-0.15, -0.1) is 0 Å². The SMILES string of the molecule is O=C(CCCOc1ccccc1Cl)NCCNC(=O)c1cccc(F)c1. The molecule has 0 heterocycles. The summed E-state index contributed by atoms with van der Waals surface area (Å²) >= 11 is 5.97. The minimum absolute atomic E-state index is 0.132. The highest BCUT2D eigenvalue weighted by atomic mass is 35.5. The van der Waals surface area contributed by atoms with Crippen LogP contribution in [0.3, 0.4) is 0 Å². The van der Waals surface area contributed by atoms with Gasteiger partial charge < -0.3 is 15.4 Å². The van der Waals surface area contributed by atoms with Gasteiger partial charge in [0.05, 0.1) is 11.6 Å². The van der Waals surface area contributed by atoms with Crippen LogP contribution in [0.1, 0.15) is 23.2 Å². The second kappa shape index (κ2) is 10.4. The van der Waals surface area contributed by atoms with E-state index in [2.05, 4.69) is 10.6 Å². The Morgan fingerprint density at radius 3 is 2.58 bits per heavy atom. The Kier molecular flexibility index (Phi) is 7.89. The summed E-state index contributed by atoms with van der Waals surface area (Å²) in [7, 11) is 0. The molecule has 138 valence electrons. The van der Waals surface area contributed by atoms with Gasteiger partial charge in [0.15, 0.2) is 0 Å². The number of ether oxygens (including phenoxy) is 1. The minimum atomic E-state index is -0.468. The van der Waals surface area contributed by atoms with Gasteiger partial charge in [-0.3, -0.25) is 9.59 Å². The lowest BCUT2D eigenvalue weighted by atomic mass is 10.2. The van der Waals surface area contributed by atoms with E-state index >= 15 is 0 Å². The predicted molar refractivity (Wildman–Crippen MR) is 97.9 cm³/mol. The molecule has 0 aliphatic rings. The van der Waals surface area contributed by atoms with Crippen LogP contribution in [0.2, 0.25) is 5.02 Å². The van der Waals surface area contributed by atoms with Crippen LogP contribution in [0.25, 0.3) is 0 Å². The molecule has 0 atom stereocenters. The van der Waals surface area contributed by atoms with Crippen LogP contribution in [0.4, 0.5) is 4.39 Å². The van der Waals surface area contributed by atoms with Gasteiger partial charge >= 0.3 is 0 Å². The van der Waals surface area contributed by atoms with Gasteiger partial charge in [-0.1, -0.05) is 29.8 Å². The lowest BCUT2D eigenvalue weighted by molar-refractivity contribution is -0.121. The molecule has 26 heavy (non-hydrogen) atoms. The second-order valence-corrected chi connectivity index (χ2v) is 5.91. The zero-order valence-corrected chi connectivity index (χ0v) is 14.9. The third-order valence-electron chi connectivity index (χ3n) is 3.46. The van der Waals surface area contributed by atoms with Crippen molar-refractivity contribution in [3.05, 3.63) is 64.9 Å². The monoisotopic (exact) mass is 378 g/mol. The molecule has 0 radical (unpaired) electrons. The van der Waals surface area contributed by atoms with Gasteiger partial charge in [0, 0.05) is 25.1 Å². The van der Waals surface area contributed by atoms with Crippen LogP contribution in [0.15, 0.2) is 48.5 Å². The maximum atomic E-state index is 13.0. The van der Waals surface area contributed by atoms with E-state index in [1.807, 2.05) is 12.1 Å². The molecule has 0 spiro atoms. The van der Waals surface area contributed by atoms with E-state index in [0.717, 1.165) is 6.07 Å². The maximum Gasteiger partial charge on any atom is 0.251 e. The van der Waals surface area contributed by atoms with Crippen LogP contribution in [-0.2, 0) is 4.79 Å². The number of amides is 2. The van der Waals surface area contributed by atoms with Crippen molar-refractivity contribution in [2.24, 2.45) is 0 Å². The summed E-state index contributed by atoms with van der Waals surface area (Å²) in [4.78, 5) is 23.5. The van der Waals surface area contributed by atoms with Crippen molar-refractivity contribution in [1.29, 1.82) is 0 Å². The maximum absolute atomic E-state index is 13.0. The van der Waals surface area contributed by atoms with Gasteiger partial charge in [0.25, 0.3) is 5.91 Å². The molecule has 2 aromatic carbocycles. The quantitative estimate of drug-likeness (QED) is 0.658. The van der Waals surface area contributed by atoms with E-state index < -0.39 is 5.82 Å². The molecule has 2 rings (SSSR count). The van der Waals surface area contributed by atoms with Gasteiger partial charge in [-0.05, 0) is 36.8 Å². The van der Waals surface area contributed by atoms with Crippen LogP contribution < -0.4 is 15.4 Å². The highest BCUT2D eigenvalue weighted by molar-refractivity contribution is 6.32. The molecule has 0 aliphatic carbocycles. The van der Waals surface area contributed by atoms with Crippen molar-refractivity contribution in [2.45, 2.75) is 12.8 Å². The normalized spacial score (nSPS) is 10.2. The molecule has 2 N–H and O–H groups in total. The van der Waals surface area contributed by atoms with Crippen molar-refractivity contribution in [3.8, 4) is 5.75 Å². The Morgan fingerprint density at radius 2 is 1.81 bits per heavy atom. The number of hydrogen-bond donors (Lipinski definition) is 2. The van der Waals surface area contributed by atoms with E-state index in [1.165, 1.54) is 18.2 Å². The molecule has 0 bridgehead atoms. The van der Waals surface area contributed by atoms with Crippen molar-refractivity contribution in [3.63, 3.8) is 0 Å². The van der Waals surface area contributed by atoms with Gasteiger partial charge in [-0.2, -0.15) is 0 Å². The van der Waals surface area contributed by atoms with Gasteiger partial charge in [-0.25, -0.2) is 4.39 Å². The molecule has 2 amide bonds. The summed E-state index contributed by atoms with van der Waals surface area (Å²) in [6.45, 7) is 0.940. The van der Waals surface area contributed by atoms with E-state index in [9.17, 15) is 14.0 Å². The Hall–Kier alpha value is -2.60. The number of carbonyl (C=O) groups is 2. The summed E-state index contributed by atoms with van der Waals surface area (Å²) in [5.41, 5.74) is 0.244. The fourth-order valence-corrected chi connectivity index (χ4v) is 2.37. The summed E-state index contributed by atoms with van der Waals surface area (Å²) in [5, 5.41) is 5.85. The first kappa shape index (κ1) is 19.7. The fraction of sp³-hybridized carbons (Fsp3) is 0.263. The number of nitrogens with one attached hydrogen (secondary N) is 2. The van der Waals surface area contributed by atoms with Crippen molar-refractivity contribution < 1.29 is 18.7 Å². The Bertz CT molecular complexity index is 755. The molecule has 7 heteroatoms. The number of rotatable bonds is 9. The van der Waals surface area contributed by atoms with Crippen molar-refractivity contribution in [1.82, 2.24) is 10.6 Å². The topological polar surface area (TPSA) is 67.4 Å². The lowest BCUT2D eigenvalue weighted by Gasteiger charge is -2.09. The molecule has 0 saturated heterocycles. The Morgan fingerprint density at radius 1 is 1.04 bits per heavy atom. The lowest BCUT2D eigenvalue weighted by Crippen LogP contribution is -2.34. The second-order valence-electron chi connectivity index (χ2n) is 5.50. The van der Waals surface area contributed by atoms with E-state index in [4.69, 9.17) is 16.3 Å². The van der Waals surface area contributed by atoms with Crippen molar-refractivity contribution in [2.75, 3.05) is 19.7 Å². The number of para-hydroxylation sites is 1. The smallest absolute Gasteiger partial charge is 0.251 e. The van der Waals surface area contributed by atoms with E-state index in [-0.39, 0.29) is 23.9 Å². The number of carbonyl (C=O) groups excluding carboxylic acids is 2. The molecular weight excluding hydrogens is 359 g/mol. The number of halogens is 2. The first-order valence-electron chi connectivity index (χ1n) is 8.24. The molecule has 2 aromatic rings.